The van der Waals surface area contributed by atoms with Gasteiger partial charge in [0.2, 0.25) is 0 Å². The molecule has 44 heavy (non-hydrogen) atoms. The van der Waals surface area contributed by atoms with Crippen LogP contribution in [0.3, 0.4) is 0 Å². The molecule has 0 aliphatic carbocycles. The summed E-state index contributed by atoms with van der Waals surface area (Å²) in [4.78, 5) is 37.4. The Morgan fingerprint density at radius 3 is 2.23 bits per heavy atom. The van der Waals surface area contributed by atoms with Crippen LogP contribution in [-0.2, 0) is 32.2 Å². The van der Waals surface area contributed by atoms with Gasteiger partial charge in [-0.1, -0.05) is 48.9 Å². The second-order valence-electron chi connectivity index (χ2n) is 9.95. The van der Waals surface area contributed by atoms with Crippen molar-refractivity contribution in [3.8, 4) is 17.2 Å². The summed E-state index contributed by atoms with van der Waals surface area (Å²) in [7, 11) is 4.43. The molecule has 10 nitrogen and oxygen atoms in total. The monoisotopic (exact) mass is 607 g/mol. The number of methoxy groups -OCH3 is 3. The van der Waals surface area contributed by atoms with Crippen LogP contribution >= 0.6 is 0 Å². The Hall–Kier alpha value is -4.57. The maximum Gasteiger partial charge on any atom is 0.407 e. The molecule has 1 N–H and O–H groups in total. The number of Topliss-reactive ketones (excluding diaryl/α,β-unsaturated/α-hetero) is 1. The molecule has 0 aromatic heterocycles. The van der Waals surface area contributed by atoms with Crippen molar-refractivity contribution in [1.82, 2.24) is 5.32 Å². The first-order valence-electron chi connectivity index (χ1n) is 14.5. The highest BCUT2D eigenvalue weighted by molar-refractivity contribution is 5.98. The van der Waals surface area contributed by atoms with Gasteiger partial charge >= 0.3 is 12.1 Å². The van der Waals surface area contributed by atoms with Crippen LogP contribution in [0.4, 0.5) is 4.79 Å². The molecule has 0 heterocycles. The van der Waals surface area contributed by atoms with Crippen molar-refractivity contribution in [1.29, 1.82) is 0 Å². The zero-order valence-electron chi connectivity index (χ0n) is 25.5. The highest BCUT2D eigenvalue weighted by atomic mass is 16.6. The number of hydrogen-bond donors (Lipinski definition) is 1. The Kier molecular flexibility index (Phi) is 14.5. The van der Waals surface area contributed by atoms with E-state index in [2.05, 4.69) is 5.32 Å². The highest BCUT2D eigenvalue weighted by Crippen LogP contribution is 2.29. The van der Waals surface area contributed by atoms with Crippen LogP contribution in [0.2, 0.25) is 0 Å². The molecule has 0 saturated carbocycles. The summed E-state index contributed by atoms with van der Waals surface area (Å²) in [5, 5.41) is 2.71. The van der Waals surface area contributed by atoms with Crippen molar-refractivity contribution < 1.29 is 42.8 Å². The fraction of sp³-hybridized carbons (Fsp3) is 0.382. The first-order valence-corrected chi connectivity index (χ1v) is 14.5. The third-order valence-electron chi connectivity index (χ3n) is 6.83. The van der Waals surface area contributed by atoms with Crippen molar-refractivity contribution in [3.05, 3.63) is 89.5 Å². The molecule has 1 atom stereocenters. The van der Waals surface area contributed by atoms with E-state index in [9.17, 15) is 14.4 Å². The minimum absolute atomic E-state index is 0.0121. The van der Waals surface area contributed by atoms with Gasteiger partial charge in [-0.3, -0.25) is 9.59 Å². The summed E-state index contributed by atoms with van der Waals surface area (Å²) in [5.41, 5.74) is 2.33. The molecular weight excluding hydrogens is 566 g/mol. The van der Waals surface area contributed by atoms with E-state index in [-0.39, 0.29) is 18.8 Å². The third kappa shape index (κ3) is 11.6. The first kappa shape index (κ1) is 33.9. The van der Waals surface area contributed by atoms with E-state index in [0.29, 0.717) is 62.7 Å². The fourth-order valence-corrected chi connectivity index (χ4v) is 4.37. The maximum absolute atomic E-state index is 13.1. The molecule has 0 fully saturated rings. The summed E-state index contributed by atoms with van der Waals surface area (Å²) in [6.45, 7) is 1.68. The zero-order chi connectivity index (χ0) is 31.6. The number of carbonyl (C=O) groups excluding carboxylic acids is 3. The zero-order valence-corrected chi connectivity index (χ0v) is 25.5. The van der Waals surface area contributed by atoms with Crippen LogP contribution in [0.1, 0.15) is 47.2 Å². The predicted molar refractivity (Wildman–Crippen MR) is 164 cm³/mol. The molecule has 0 spiro atoms. The molecule has 3 aromatic carbocycles. The largest absolute Gasteiger partial charge is 0.497 e. The van der Waals surface area contributed by atoms with Gasteiger partial charge in [-0.2, -0.15) is 0 Å². The highest BCUT2D eigenvalue weighted by Gasteiger charge is 2.24. The Labute approximate surface area is 258 Å². The number of esters is 1. The Balaban J connectivity index is 1.40. The van der Waals surface area contributed by atoms with Gasteiger partial charge in [0.25, 0.3) is 0 Å². The topological polar surface area (TPSA) is 119 Å². The molecule has 3 rings (SSSR count). The standard InChI is InChI=1S/C34H41NO9/c1-39-29-15-12-26(13-16-29)23-42-19-20-43-31-17-14-27(22-32(31)40-2)30(36)21-28(33(37)41-3)11-7-8-18-35-34(38)44-24-25-9-5-4-6-10-25/h4-6,9-10,12-17,22,28H,7-8,11,18-21,23-24H2,1-3H3,(H,35,38). The third-order valence-corrected chi connectivity index (χ3v) is 6.83. The lowest BCUT2D eigenvalue weighted by Gasteiger charge is -2.15. The van der Waals surface area contributed by atoms with E-state index >= 15 is 0 Å². The fourth-order valence-electron chi connectivity index (χ4n) is 4.37. The lowest BCUT2D eigenvalue weighted by Crippen LogP contribution is -2.25. The van der Waals surface area contributed by atoms with E-state index in [1.807, 2.05) is 54.6 Å². The maximum atomic E-state index is 13.1. The second kappa shape index (κ2) is 18.9. The summed E-state index contributed by atoms with van der Waals surface area (Å²) in [6.07, 6.45) is 1.15. The summed E-state index contributed by atoms with van der Waals surface area (Å²) in [5.74, 6) is 0.408. The van der Waals surface area contributed by atoms with Crippen LogP contribution in [0.15, 0.2) is 72.8 Å². The number of unbranched alkanes of at least 4 members (excludes halogenated alkanes) is 1. The van der Waals surface area contributed by atoms with E-state index in [1.54, 1.807) is 25.3 Å². The normalized spacial score (nSPS) is 11.2. The van der Waals surface area contributed by atoms with Gasteiger partial charge < -0.3 is 33.7 Å². The van der Waals surface area contributed by atoms with E-state index in [4.69, 9.17) is 28.4 Å². The van der Waals surface area contributed by atoms with Crippen LogP contribution in [0, 0.1) is 5.92 Å². The number of amides is 1. The van der Waals surface area contributed by atoms with Gasteiger partial charge in [0.1, 0.15) is 19.0 Å². The predicted octanol–water partition coefficient (Wildman–Crippen LogP) is 5.76. The Morgan fingerprint density at radius 1 is 0.773 bits per heavy atom. The van der Waals surface area contributed by atoms with Crippen molar-refractivity contribution in [2.24, 2.45) is 5.92 Å². The number of carbonyl (C=O) groups is 3. The van der Waals surface area contributed by atoms with Crippen molar-refractivity contribution in [2.75, 3.05) is 41.1 Å². The number of alkyl carbamates (subject to hydrolysis) is 1. The van der Waals surface area contributed by atoms with Gasteiger partial charge in [0, 0.05) is 18.5 Å². The Morgan fingerprint density at radius 2 is 1.52 bits per heavy atom. The van der Waals surface area contributed by atoms with Gasteiger partial charge in [0.05, 0.1) is 40.5 Å². The average molecular weight is 608 g/mol. The molecule has 0 aliphatic heterocycles. The molecular formula is C34H41NO9. The minimum Gasteiger partial charge on any atom is -0.497 e. The lowest BCUT2D eigenvalue weighted by molar-refractivity contribution is -0.145. The number of ketones is 1. The molecule has 0 saturated heterocycles. The number of rotatable bonds is 19. The van der Waals surface area contributed by atoms with Crippen LogP contribution in [0.5, 0.6) is 17.2 Å². The van der Waals surface area contributed by atoms with Crippen LogP contribution in [0.25, 0.3) is 0 Å². The number of ether oxygens (including phenoxy) is 6. The van der Waals surface area contributed by atoms with E-state index in [1.165, 1.54) is 14.2 Å². The summed E-state index contributed by atoms with van der Waals surface area (Å²) < 4.78 is 32.2. The molecule has 236 valence electrons. The van der Waals surface area contributed by atoms with Crippen molar-refractivity contribution in [3.63, 3.8) is 0 Å². The smallest absolute Gasteiger partial charge is 0.407 e. The van der Waals surface area contributed by atoms with Gasteiger partial charge in [-0.25, -0.2) is 4.79 Å². The van der Waals surface area contributed by atoms with Crippen molar-refractivity contribution >= 4 is 17.8 Å². The molecule has 3 aromatic rings. The molecule has 0 bridgehead atoms. The SMILES string of the molecule is COC(=O)C(CCCCNC(=O)OCc1ccccc1)CC(=O)c1ccc(OCCOCc2ccc(OC)cc2)c(OC)c1. The summed E-state index contributed by atoms with van der Waals surface area (Å²) in [6, 6.07) is 22.0. The molecule has 0 aliphatic rings. The number of hydrogen-bond acceptors (Lipinski definition) is 9. The van der Waals surface area contributed by atoms with Crippen molar-refractivity contribution in [2.45, 2.75) is 38.9 Å². The first-order chi connectivity index (χ1) is 21.4. The molecule has 1 unspecified atom stereocenters. The van der Waals surface area contributed by atoms with Crippen LogP contribution < -0.4 is 19.5 Å². The Bertz CT molecular complexity index is 1310. The second-order valence-corrected chi connectivity index (χ2v) is 9.95. The molecule has 0 radical (unpaired) electrons. The van der Waals surface area contributed by atoms with Gasteiger partial charge in [0.15, 0.2) is 17.3 Å². The lowest BCUT2D eigenvalue weighted by atomic mass is 9.93. The number of nitrogens with one attached hydrogen (secondary N) is 1. The van der Waals surface area contributed by atoms with E-state index < -0.39 is 18.0 Å². The number of benzene rings is 3. The quantitative estimate of drug-likeness (QED) is 0.103. The molecule has 1 amide bonds. The van der Waals surface area contributed by atoms with Gasteiger partial charge in [-0.05, 0) is 54.3 Å². The van der Waals surface area contributed by atoms with E-state index in [0.717, 1.165) is 16.9 Å². The van der Waals surface area contributed by atoms with Crippen LogP contribution in [-0.4, -0.2) is 58.9 Å². The van der Waals surface area contributed by atoms with Gasteiger partial charge in [-0.15, -0.1) is 0 Å². The summed E-state index contributed by atoms with van der Waals surface area (Å²) >= 11 is 0. The average Bonchev–Trinajstić information content (AvgIpc) is 3.06. The molecule has 10 heteroatoms. The minimum atomic E-state index is -0.609.